The van der Waals surface area contributed by atoms with Crippen LogP contribution in [0.3, 0.4) is 0 Å². The standard InChI is InChI=1S/C16H15O4/c1-18-14-9-7-13(8-10-14)11-20-16(17)12-19-15-5-3-2-4-6-15/h3-10H,11-12H2,1H3. The maximum atomic E-state index is 11.5. The van der Waals surface area contributed by atoms with Crippen molar-refractivity contribution in [1.29, 1.82) is 0 Å². The van der Waals surface area contributed by atoms with Crippen molar-refractivity contribution in [3.05, 3.63) is 60.2 Å². The van der Waals surface area contributed by atoms with Gasteiger partial charge in [-0.25, -0.2) is 4.79 Å². The van der Waals surface area contributed by atoms with Crippen molar-refractivity contribution in [3.8, 4) is 11.5 Å². The lowest BCUT2D eigenvalue weighted by Gasteiger charge is -2.07. The number of methoxy groups -OCH3 is 1. The van der Waals surface area contributed by atoms with Gasteiger partial charge >= 0.3 is 5.97 Å². The van der Waals surface area contributed by atoms with Crippen LogP contribution >= 0.6 is 0 Å². The zero-order valence-corrected chi connectivity index (χ0v) is 11.2. The molecule has 0 unspecified atom stereocenters. The lowest BCUT2D eigenvalue weighted by Crippen LogP contribution is -2.14. The Balaban J connectivity index is 1.74. The van der Waals surface area contributed by atoms with Crippen molar-refractivity contribution < 1.29 is 19.0 Å². The molecule has 0 N–H and O–H groups in total. The minimum Gasteiger partial charge on any atom is -0.497 e. The average Bonchev–Trinajstić information content (AvgIpc) is 2.52. The van der Waals surface area contributed by atoms with E-state index >= 15 is 0 Å². The number of benzene rings is 2. The Labute approximate surface area is 117 Å². The first-order valence-electron chi connectivity index (χ1n) is 6.15. The summed E-state index contributed by atoms with van der Waals surface area (Å²) in [5, 5.41) is 0. The summed E-state index contributed by atoms with van der Waals surface area (Å²) in [6.45, 7) is 0.106. The van der Waals surface area contributed by atoms with E-state index in [1.807, 2.05) is 24.3 Å². The van der Waals surface area contributed by atoms with Gasteiger partial charge in [-0.2, -0.15) is 0 Å². The Hall–Kier alpha value is -2.49. The second kappa shape index (κ2) is 7.19. The molecule has 0 aliphatic rings. The van der Waals surface area contributed by atoms with E-state index in [2.05, 4.69) is 6.07 Å². The largest absolute Gasteiger partial charge is 0.497 e. The van der Waals surface area contributed by atoms with Crippen LogP contribution in [-0.2, 0) is 16.1 Å². The number of rotatable bonds is 6. The summed E-state index contributed by atoms with van der Waals surface area (Å²) in [4.78, 5) is 11.5. The molecule has 0 heterocycles. The third kappa shape index (κ3) is 4.31. The third-order valence-electron chi connectivity index (χ3n) is 2.60. The van der Waals surface area contributed by atoms with Gasteiger partial charge in [0.1, 0.15) is 18.1 Å². The number of carbonyl (C=O) groups excluding carboxylic acids is 1. The van der Waals surface area contributed by atoms with Gasteiger partial charge in [-0.1, -0.05) is 24.3 Å². The van der Waals surface area contributed by atoms with Gasteiger partial charge in [0.2, 0.25) is 0 Å². The third-order valence-corrected chi connectivity index (χ3v) is 2.60. The van der Waals surface area contributed by atoms with Gasteiger partial charge in [-0.05, 0) is 35.9 Å². The Bertz CT molecular complexity index is 534. The second-order valence-electron chi connectivity index (χ2n) is 4.03. The van der Waals surface area contributed by atoms with Crippen LogP contribution in [0.2, 0.25) is 0 Å². The maximum absolute atomic E-state index is 11.5. The van der Waals surface area contributed by atoms with Gasteiger partial charge in [-0.3, -0.25) is 0 Å². The van der Waals surface area contributed by atoms with Crippen LogP contribution in [0.15, 0.2) is 48.5 Å². The predicted molar refractivity (Wildman–Crippen MR) is 73.6 cm³/mol. The van der Waals surface area contributed by atoms with Crippen LogP contribution in [0, 0.1) is 6.07 Å². The normalized spacial score (nSPS) is 9.85. The van der Waals surface area contributed by atoms with Crippen LogP contribution in [0.5, 0.6) is 11.5 Å². The van der Waals surface area contributed by atoms with E-state index in [-0.39, 0.29) is 13.2 Å². The molecule has 0 aromatic heterocycles. The molecule has 2 aromatic rings. The molecule has 4 heteroatoms. The van der Waals surface area contributed by atoms with E-state index in [1.165, 1.54) is 0 Å². The minimum absolute atomic E-state index is 0.111. The summed E-state index contributed by atoms with van der Waals surface area (Å²) in [5.41, 5.74) is 0.897. The number of carbonyl (C=O) groups is 1. The van der Waals surface area contributed by atoms with Crippen molar-refractivity contribution in [2.45, 2.75) is 6.61 Å². The molecule has 0 bridgehead atoms. The molecule has 0 saturated heterocycles. The molecule has 20 heavy (non-hydrogen) atoms. The first-order valence-corrected chi connectivity index (χ1v) is 6.15. The smallest absolute Gasteiger partial charge is 0.344 e. The molecule has 103 valence electrons. The summed E-state index contributed by atoms with van der Waals surface area (Å²) in [5.74, 6) is 0.975. The van der Waals surface area contributed by atoms with E-state index in [0.717, 1.165) is 11.3 Å². The molecule has 2 aromatic carbocycles. The molecule has 0 aliphatic heterocycles. The van der Waals surface area contributed by atoms with E-state index in [1.54, 1.807) is 31.4 Å². The number of ether oxygens (including phenoxy) is 3. The molecule has 0 aliphatic carbocycles. The first kappa shape index (κ1) is 13.9. The number of hydrogen-bond acceptors (Lipinski definition) is 4. The van der Waals surface area contributed by atoms with Gasteiger partial charge in [0.05, 0.1) is 7.11 Å². The monoisotopic (exact) mass is 271 g/mol. The fraction of sp³-hybridized carbons (Fsp3) is 0.188. The summed E-state index contributed by atoms with van der Waals surface area (Å²) < 4.78 is 15.4. The quantitative estimate of drug-likeness (QED) is 0.758. The van der Waals surface area contributed by atoms with Crippen molar-refractivity contribution in [3.63, 3.8) is 0 Å². The Morgan fingerprint density at radius 1 is 1.05 bits per heavy atom. The molecule has 0 fully saturated rings. The van der Waals surface area contributed by atoms with E-state index < -0.39 is 5.97 Å². The molecular formula is C16H15O4. The lowest BCUT2D eigenvalue weighted by atomic mass is 10.2. The molecule has 0 amide bonds. The zero-order chi connectivity index (χ0) is 14.2. The molecule has 1 radical (unpaired) electrons. The summed E-state index contributed by atoms with van der Waals surface area (Å²) >= 11 is 0. The first-order chi connectivity index (χ1) is 9.78. The average molecular weight is 271 g/mol. The van der Waals surface area contributed by atoms with Gasteiger partial charge < -0.3 is 14.2 Å². The van der Waals surface area contributed by atoms with Gasteiger partial charge in [-0.15, -0.1) is 0 Å². The molecule has 2 rings (SSSR count). The van der Waals surface area contributed by atoms with Crippen molar-refractivity contribution in [2.75, 3.05) is 13.7 Å². The summed E-state index contributed by atoms with van der Waals surface area (Å²) in [6.07, 6.45) is 0. The van der Waals surface area contributed by atoms with Crippen molar-refractivity contribution >= 4 is 5.97 Å². The molecule has 0 atom stereocenters. The Morgan fingerprint density at radius 3 is 2.40 bits per heavy atom. The highest BCUT2D eigenvalue weighted by Gasteiger charge is 2.04. The highest BCUT2D eigenvalue weighted by atomic mass is 16.6. The SMILES string of the molecule is COc1ccc(COC(=O)COc2cc[c]cc2)cc1. The lowest BCUT2D eigenvalue weighted by molar-refractivity contribution is -0.147. The molecule has 0 saturated carbocycles. The predicted octanol–water partition coefficient (Wildman–Crippen LogP) is 2.62. The molecule has 0 spiro atoms. The van der Waals surface area contributed by atoms with Crippen LogP contribution in [0.1, 0.15) is 5.56 Å². The fourth-order valence-electron chi connectivity index (χ4n) is 1.54. The zero-order valence-electron chi connectivity index (χ0n) is 11.2. The fourth-order valence-corrected chi connectivity index (χ4v) is 1.54. The molecular weight excluding hydrogens is 256 g/mol. The van der Waals surface area contributed by atoms with E-state index in [9.17, 15) is 4.79 Å². The maximum Gasteiger partial charge on any atom is 0.344 e. The second-order valence-corrected chi connectivity index (χ2v) is 4.03. The van der Waals surface area contributed by atoms with Gasteiger partial charge in [0.25, 0.3) is 0 Å². The minimum atomic E-state index is -0.409. The van der Waals surface area contributed by atoms with Crippen molar-refractivity contribution in [2.24, 2.45) is 0 Å². The van der Waals surface area contributed by atoms with Crippen molar-refractivity contribution in [1.82, 2.24) is 0 Å². The Kier molecular flexibility index (Phi) is 5.00. The van der Waals surface area contributed by atoms with Crippen LogP contribution in [0.4, 0.5) is 0 Å². The van der Waals surface area contributed by atoms with E-state index in [0.29, 0.717) is 5.75 Å². The topological polar surface area (TPSA) is 44.8 Å². The highest BCUT2D eigenvalue weighted by molar-refractivity contribution is 5.71. The summed E-state index contributed by atoms with van der Waals surface area (Å²) in [6, 6.07) is 17.1. The van der Waals surface area contributed by atoms with Gasteiger partial charge in [0.15, 0.2) is 6.61 Å². The van der Waals surface area contributed by atoms with E-state index in [4.69, 9.17) is 14.2 Å². The number of hydrogen-bond donors (Lipinski definition) is 0. The van der Waals surface area contributed by atoms with Crippen LogP contribution < -0.4 is 9.47 Å². The van der Waals surface area contributed by atoms with Gasteiger partial charge in [0, 0.05) is 0 Å². The highest BCUT2D eigenvalue weighted by Crippen LogP contribution is 2.12. The Morgan fingerprint density at radius 2 is 1.75 bits per heavy atom. The van der Waals surface area contributed by atoms with Crippen LogP contribution in [-0.4, -0.2) is 19.7 Å². The molecule has 4 nitrogen and oxygen atoms in total. The summed E-state index contributed by atoms with van der Waals surface area (Å²) in [7, 11) is 1.60. The van der Waals surface area contributed by atoms with Crippen LogP contribution in [0.25, 0.3) is 0 Å². The number of esters is 1.